The average molecular weight is 226 g/mol. The van der Waals surface area contributed by atoms with E-state index >= 15 is 0 Å². The lowest BCUT2D eigenvalue weighted by Gasteiger charge is -2.17. The third-order valence-electron chi connectivity index (χ3n) is 3.09. The SMILES string of the molecule is Cc1cccc(C)c1C(N)Cc1cccnc1. The number of hydrogen-bond acceptors (Lipinski definition) is 2. The van der Waals surface area contributed by atoms with Crippen LogP contribution >= 0.6 is 0 Å². The third-order valence-corrected chi connectivity index (χ3v) is 3.09. The summed E-state index contributed by atoms with van der Waals surface area (Å²) in [4.78, 5) is 4.12. The van der Waals surface area contributed by atoms with Crippen LogP contribution < -0.4 is 5.73 Å². The van der Waals surface area contributed by atoms with Crippen molar-refractivity contribution in [2.45, 2.75) is 26.3 Å². The van der Waals surface area contributed by atoms with Crippen molar-refractivity contribution < 1.29 is 0 Å². The van der Waals surface area contributed by atoms with Gasteiger partial charge in [-0.3, -0.25) is 4.98 Å². The summed E-state index contributed by atoms with van der Waals surface area (Å²) in [6, 6.07) is 10.4. The van der Waals surface area contributed by atoms with E-state index in [2.05, 4.69) is 43.1 Å². The first-order valence-electron chi connectivity index (χ1n) is 5.89. The largest absolute Gasteiger partial charge is 0.324 e. The molecule has 0 fully saturated rings. The van der Waals surface area contributed by atoms with E-state index in [0.717, 1.165) is 6.42 Å². The first-order chi connectivity index (χ1) is 8.18. The van der Waals surface area contributed by atoms with Crippen molar-refractivity contribution in [3.8, 4) is 0 Å². The summed E-state index contributed by atoms with van der Waals surface area (Å²) in [6.45, 7) is 4.23. The number of pyridine rings is 1. The maximum atomic E-state index is 6.30. The Kier molecular flexibility index (Phi) is 3.55. The Morgan fingerprint density at radius 3 is 2.41 bits per heavy atom. The molecule has 0 radical (unpaired) electrons. The average Bonchev–Trinajstić information content (AvgIpc) is 2.30. The normalized spacial score (nSPS) is 12.4. The van der Waals surface area contributed by atoms with Gasteiger partial charge in [-0.1, -0.05) is 24.3 Å². The standard InChI is InChI=1S/C15H18N2/c1-11-5-3-6-12(2)15(11)14(16)9-13-7-4-8-17-10-13/h3-8,10,14H,9,16H2,1-2H3. The molecule has 1 heterocycles. The van der Waals surface area contributed by atoms with Gasteiger partial charge in [0.05, 0.1) is 0 Å². The molecular weight excluding hydrogens is 208 g/mol. The highest BCUT2D eigenvalue weighted by Crippen LogP contribution is 2.22. The fourth-order valence-electron chi connectivity index (χ4n) is 2.29. The first-order valence-corrected chi connectivity index (χ1v) is 5.89. The number of aromatic nitrogens is 1. The Bertz CT molecular complexity index is 471. The highest BCUT2D eigenvalue weighted by Gasteiger charge is 2.12. The number of benzene rings is 1. The van der Waals surface area contributed by atoms with Crippen LogP contribution in [0.2, 0.25) is 0 Å². The van der Waals surface area contributed by atoms with Crippen LogP contribution in [-0.2, 0) is 6.42 Å². The lowest BCUT2D eigenvalue weighted by molar-refractivity contribution is 0.709. The summed E-state index contributed by atoms with van der Waals surface area (Å²) in [6.07, 6.45) is 4.50. The van der Waals surface area contributed by atoms with E-state index in [9.17, 15) is 0 Å². The molecule has 1 unspecified atom stereocenters. The minimum absolute atomic E-state index is 0.0420. The lowest BCUT2D eigenvalue weighted by atomic mass is 9.93. The number of rotatable bonds is 3. The minimum atomic E-state index is 0.0420. The maximum absolute atomic E-state index is 6.30. The van der Waals surface area contributed by atoms with Crippen molar-refractivity contribution in [2.75, 3.05) is 0 Å². The fourth-order valence-corrected chi connectivity index (χ4v) is 2.29. The molecule has 2 aromatic rings. The van der Waals surface area contributed by atoms with Crippen LogP contribution in [0.1, 0.15) is 28.3 Å². The van der Waals surface area contributed by atoms with Gasteiger partial charge in [0.25, 0.3) is 0 Å². The predicted octanol–water partition coefficient (Wildman–Crippen LogP) is 2.94. The van der Waals surface area contributed by atoms with E-state index in [-0.39, 0.29) is 6.04 Å². The fraction of sp³-hybridized carbons (Fsp3) is 0.267. The maximum Gasteiger partial charge on any atom is 0.0341 e. The lowest BCUT2D eigenvalue weighted by Crippen LogP contribution is -2.16. The molecule has 0 saturated heterocycles. The van der Waals surface area contributed by atoms with Gasteiger partial charge in [-0.2, -0.15) is 0 Å². The highest BCUT2D eigenvalue weighted by molar-refractivity contribution is 5.36. The second kappa shape index (κ2) is 5.11. The summed E-state index contributed by atoms with van der Waals surface area (Å²) in [5, 5.41) is 0. The van der Waals surface area contributed by atoms with Crippen molar-refractivity contribution in [3.63, 3.8) is 0 Å². The Labute approximate surface area is 103 Å². The summed E-state index contributed by atoms with van der Waals surface area (Å²) < 4.78 is 0. The van der Waals surface area contributed by atoms with Crippen molar-refractivity contribution in [1.29, 1.82) is 0 Å². The summed E-state index contributed by atoms with van der Waals surface area (Å²) in [5.41, 5.74) is 11.3. The molecule has 2 N–H and O–H groups in total. The van der Waals surface area contributed by atoms with E-state index in [1.807, 2.05) is 12.3 Å². The van der Waals surface area contributed by atoms with Crippen LogP contribution in [0, 0.1) is 13.8 Å². The van der Waals surface area contributed by atoms with Crippen molar-refractivity contribution in [1.82, 2.24) is 4.98 Å². The Morgan fingerprint density at radius 2 is 1.82 bits per heavy atom. The zero-order valence-electron chi connectivity index (χ0n) is 10.4. The van der Waals surface area contributed by atoms with Crippen LogP contribution in [0.25, 0.3) is 0 Å². The molecule has 2 nitrogen and oxygen atoms in total. The molecule has 0 aliphatic heterocycles. The summed E-state index contributed by atoms with van der Waals surface area (Å²) in [7, 11) is 0. The van der Waals surface area contributed by atoms with E-state index in [0.29, 0.717) is 0 Å². The molecule has 0 amide bonds. The Hall–Kier alpha value is -1.67. The van der Waals surface area contributed by atoms with E-state index in [1.54, 1.807) is 6.20 Å². The third kappa shape index (κ3) is 2.71. The highest BCUT2D eigenvalue weighted by atomic mass is 14.6. The van der Waals surface area contributed by atoms with Gasteiger partial charge in [0.15, 0.2) is 0 Å². The number of nitrogens with two attached hydrogens (primary N) is 1. The molecule has 0 bridgehead atoms. The Morgan fingerprint density at radius 1 is 1.12 bits per heavy atom. The number of hydrogen-bond donors (Lipinski definition) is 1. The molecule has 1 aromatic carbocycles. The van der Waals surface area contributed by atoms with Crippen LogP contribution in [-0.4, -0.2) is 4.98 Å². The van der Waals surface area contributed by atoms with Crippen molar-refractivity contribution in [2.24, 2.45) is 5.73 Å². The van der Waals surface area contributed by atoms with Crippen LogP contribution in [0.3, 0.4) is 0 Å². The van der Waals surface area contributed by atoms with Crippen LogP contribution in [0.5, 0.6) is 0 Å². The van der Waals surface area contributed by atoms with Gasteiger partial charge < -0.3 is 5.73 Å². The van der Waals surface area contributed by atoms with Crippen LogP contribution in [0.15, 0.2) is 42.7 Å². The second-order valence-corrected chi connectivity index (χ2v) is 4.48. The predicted molar refractivity (Wildman–Crippen MR) is 70.8 cm³/mol. The summed E-state index contributed by atoms with van der Waals surface area (Å²) in [5.74, 6) is 0. The first kappa shape index (κ1) is 11.8. The van der Waals surface area contributed by atoms with E-state index in [1.165, 1.54) is 22.3 Å². The number of nitrogens with zero attached hydrogens (tertiary/aromatic N) is 1. The molecule has 0 saturated carbocycles. The topological polar surface area (TPSA) is 38.9 Å². The molecule has 0 spiro atoms. The van der Waals surface area contributed by atoms with E-state index in [4.69, 9.17) is 5.73 Å². The molecular formula is C15H18N2. The summed E-state index contributed by atoms with van der Waals surface area (Å²) >= 11 is 0. The van der Waals surface area contributed by atoms with Gasteiger partial charge in [-0.15, -0.1) is 0 Å². The van der Waals surface area contributed by atoms with Crippen molar-refractivity contribution >= 4 is 0 Å². The van der Waals surface area contributed by atoms with E-state index < -0.39 is 0 Å². The molecule has 1 atom stereocenters. The van der Waals surface area contributed by atoms with Gasteiger partial charge in [0.2, 0.25) is 0 Å². The van der Waals surface area contributed by atoms with Gasteiger partial charge in [0, 0.05) is 18.4 Å². The molecule has 1 aromatic heterocycles. The zero-order chi connectivity index (χ0) is 12.3. The molecule has 0 aliphatic carbocycles. The van der Waals surface area contributed by atoms with Crippen molar-refractivity contribution in [3.05, 3.63) is 65.0 Å². The van der Waals surface area contributed by atoms with Gasteiger partial charge in [-0.25, -0.2) is 0 Å². The van der Waals surface area contributed by atoms with Gasteiger partial charge in [-0.05, 0) is 48.6 Å². The minimum Gasteiger partial charge on any atom is -0.324 e. The smallest absolute Gasteiger partial charge is 0.0341 e. The monoisotopic (exact) mass is 226 g/mol. The molecule has 2 rings (SSSR count). The zero-order valence-corrected chi connectivity index (χ0v) is 10.4. The Balaban J connectivity index is 2.23. The molecule has 2 heteroatoms. The van der Waals surface area contributed by atoms with Gasteiger partial charge >= 0.3 is 0 Å². The molecule has 88 valence electrons. The second-order valence-electron chi connectivity index (χ2n) is 4.48. The quantitative estimate of drug-likeness (QED) is 0.874. The number of aryl methyl sites for hydroxylation is 2. The van der Waals surface area contributed by atoms with Crippen LogP contribution in [0.4, 0.5) is 0 Å². The molecule has 17 heavy (non-hydrogen) atoms. The van der Waals surface area contributed by atoms with Gasteiger partial charge in [0.1, 0.15) is 0 Å². The molecule has 0 aliphatic rings.